The van der Waals surface area contributed by atoms with Gasteiger partial charge in [0.05, 0.1) is 22.1 Å². The predicted octanol–water partition coefficient (Wildman–Crippen LogP) is 9.62. The number of nitrogens with zero attached hydrogens (tertiary/aromatic N) is 4. The van der Waals surface area contributed by atoms with Gasteiger partial charge in [-0.3, -0.25) is 9.13 Å². The van der Waals surface area contributed by atoms with Crippen molar-refractivity contribution in [1.82, 2.24) is 19.1 Å². The van der Waals surface area contributed by atoms with Crippen LogP contribution in [0.1, 0.15) is 49.9 Å². The second-order valence-corrected chi connectivity index (χ2v) is 13.5. The molecule has 0 N–H and O–H groups in total. The van der Waals surface area contributed by atoms with Gasteiger partial charge in [-0.15, -0.1) is 0 Å². The van der Waals surface area contributed by atoms with E-state index in [0.29, 0.717) is 0 Å². The first kappa shape index (κ1) is 24.2. The van der Waals surface area contributed by atoms with Crippen LogP contribution in [-0.4, -0.2) is 19.1 Å². The van der Waals surface area contributed by atoms with Crippen LogP contribution in [0, 0.1) is 0 Å². The lowest BCUT2D eigenvalue weighted by atomic mass is 9.76. The van der Waals surface area contributed by atoms with Crippen molar-refractivity contribution >= 4 is 43.6 Å². The fraction of sp³-hybridized carbons (Fsp3) is 0.150. The van der Waals surface area contributed by atoms with Crippen LogP contribution in [0.15, 0.2) is 109 Å². The summed E-state index contributed by atoms with van der Waals surface area (Å²) in [5.74, 6) is 2.08. The molecule has 0 saturated heterocycles. The Morgan fingerprint density at radius 3 is 1.34 bits per heavy atom. The fourth-order valence-electron chi connectivity index (χ4n) is 8.36. The van der Waals surface area contributed by atoms with E-state index < -0.39 is 0 Å². The first-order valence-corrected chi connectivity index (χ1v) is 15.4. The Bertz CT molecular complexity index is 2380. The minimum absolute atomic E-state index is 0.125. The molecule has 0 amide bonds. The average molecular weight is 567 g/mol. The van der Waals surface area contributed by atoms with Gasteiger partial charge in [0.1, 0.15) is 11.6 Å². The van der Waals surface area contributed by atoms with Gasteiger partial charge in [0.2, 0.25) is 0 Å². The summed E-state index contributed by atoms with van der Waals surface area (Å²) in [6.07, 6.45) is 3.83. The predicted molar refractivity (Wildman–Crippen MR) is 180 cm³/mol. The van der Waals surface area contributed by atoms with E-state index in [9.17, 15) is 0 Å². The molecular formula is C40H30N4. The van der Waals surface area contributed by atoms with Gasteiger partial charge < -0.3 is 0 Å². The molecule has 8 aromatic rings. The average Bonchev–Trinajstić information content (AvgIpc) is 3.56. The minimum atomic E-state index is -0.125. The standard InChI is InChI=1S/C40H30N4/c1-39(2)29-11-5-9-25-27-21-23(15-17-33(27)43(35(25)29)37-31(39)13-7-19-41-37)24-16-18-34-28(22-24)26-10-6-12-30-36(26)44(34)38-32(40(30,3)4)14-8-20-42-38/h5-22H,1-4H3. The van der Waals surface area contributed by atoms with Crippen LogP contribution >= 0.6 is 0 Å². The van der Waals surface area contributed by atoms with E-state index in [0.717, 1.165) is 11.6 Å². The first-order valence-electron chi connectivity index (χ1n) is 15.4. The summed E-state index contributed by atoms with van der Waals surface area (Å²) >= 11 is 0. The Balaban J connectivity index is 1.24. The Hall–Kier alpha value is -5.22. The van der Waals surface area contributed by atoms with Crippen molar-refractivity contribution in [3.8, 4) is 22.8 Å². The number of aromatic nitrogens is 4. The van der Waals surface area contributed by atoms with E-state index in [-0.39, 0.29) is 10.8 Å². The lowest BCUT2D eigenvalue weighted by Crippen LogP contribution is -2.26. The topological polar surface area (TPSA) is 35.6 Å². The van der Waals surface area contributed by atoms with E-state index >= 15 is 0 Å². The third-order valence-electron chi connectivity index (χ3n) is 10.6. The van der Waals surface area contributed by atoms with Gasteiger partial charge in [-0.2, -0.15) is 0 Å². The van der Waals surface area contributed by atoms with Crippen molar-refractivity contribution in [2.24, 2.45) is 0 Å². The maximum Gasteiger partial charge on any atom is 0.141 e. The number of benzene rings is 4. The number of fused-ring (bicyclic) bond motifs is 10. The molecule has 0 atom stereocenters. The molecule has 44 heavy (non-hydrogen) atoms. The second kappa shape index (κ2) is 7.83. The van der Waals surface area contributed by atoms with Crippen molar-refractivity contribution in [1.29, 1.82) is 0 Å². The van der Waals surface area contributed by atoms with Gasteiger partial charge in [-0.25, -0.2) is 9.97 Å². The summed E-state index contributed by atoms with van der Waals surface area (Å²) in [7, 11) is 0. The molecule has 0 unspecified atom stereocenters. The minimum Gasteiger partial charge on any atom is -0.293 e. The highest BCUT2D eigenvalue weighted by Crippen LogP contribution is 2.49. The molecule has 6 heterocycles. The monoisotopic (exact) mass is 566 g/mol. The Morgan fingerprint density at radius 1 is 0.455 bits per heavy atom. The molecule has 4 heteroatoms. The van der Waals surface area contributed by atoms with E-state index in [1.165, 1.54) is 77.0 Å². The molecule has 10 rings (SSSR count). The van der Waals surface area contributed by atoms with Gasteiger partial charge in [0.25, 0.3) is 0 Å². The van der Waals surface area contributed by atoms with Crippen LogP contribution < -0.4 is 0 Å². The summed E-state index contributed by atoms with van der Waals surface area (Å²) in [4.78, 5) is 9.82. The quantitative estimate of drug-likeness (QED) is 0.198. The molecule has 210 valence electrons. The lowest BCUT2D eigenvalue weighted by Gasteiger charge is -2.33. The summed E-state index contributed by atoms with van der Waals surface area (Å²) < 4.78 is 4.76. The third kappa shape index (κ3) is 2.75. The van der Waals surface area contributed by atoms with Gasteiger partial charge in [0.15, 0.2) is 0 Å². The van der Waals surface area contributed by atoms with Crippen LogP contribution in [-0.2, 0) is 10.8 Å². The Morgan fingerprint density at radius 2 is 0.886 bits per heavy atom. The summed E-state index contributed by atoms with van der Waals surface area (Å²) in [6.45, 7) is 9.27. The van der Waals surface area contributed by atoms with Crippen molar-refractivity contribution in [3.05, 3.63) is 132 Å². The van der Waals surface area contributed by atoms with Crippen LogP contribution in [0.3, 0.4) is 0 Å². The van der Waals surface area contributed by atoms with Gasteiger partial charge in [0, 0.05) is 55.9 Å². The molecule has 4 nitrogen and oxygen atoms in total. The van der Waals surface area contributed by atoms with Gasteiger partial charge in [-0.1, -0.05) is 88.4 Å². The zero-order valence-electron chi connectivity index (χ0n) is 25.2. The molecule has 0 saturated carbocycles. The van der Waals surface area contributed by atoms with E-state index in [4.69, 9.17) is 9.97 Å². The van der Waals surface area contributed by atoms with Gasteiger partial charge in [-0.05, 0) is 58.7 Å². The van der Waals surface area contributed by atoms with Crippen LogP contribution in [0.25, 0.3) is 66.4 Å². The van der Waals surface area contributed by atoms with Crippen molar-refractivity contribution < 1.29 is 0 Å². The number of hydrogen-bond donors (Lipinski definition) is 0. The van der Waals surface area contributed by atoms with E-state index in [1.807, 2.05) is 12.4 Å². The lowest BCUT2D eigenvalue weighted by molar-refractivity contribution is 0.624. The SMILES string of the molecule is CC1(C)c2cccnc2-n2c3ccc(-c4ccc5c(c4)c4cccc6c4n5-c4ncccc4C6(C)C)cc3c3cccc1c32. The summed E-state index contributed by atoms with van der Waals surface area (Å²) in [5.41, 5.74) is 12.3. The Labute approximate surface area is 255 Å². The number of hydrogen-bond acceptors (Lipinski definition) is 2. The van der Waals surface area contributed by atoms with Gasteiger partial charge >= 0.3 is 0 Å². The van der Waals surface area contributed by atoms with Crippen molar-refractivity contribution in [2.75, 3.05) is 0 Å². The fourth-order valence-corrected chi connectivity index (χ4v) is 8.36. The molecule has 4 aromatic heterocycles. The van der Waals surface area contributed by atoms with Crippen LogP contribution in [0.2, 0.25) is 0 Å². The molecule has 2 aliphatic heterocycles. The molecule has 0 aliphatic carbocycles. The normalized spacial score (nSPS) is 15.6. The summed E-state index contributed by atoms with van der Waals surface area (Å²) in [6, 6.07) is 36.0. The highest BCUT2D eigenvalue weighted by Gasteiger charge is 2.37. The molecule has 0 bridgehead atoms. The highest BCUT2D eigenvalue weighted by atomic mass is 15.1. The molecule has 0 spiro atoms. The van der Waals surface area contributed by atoms with Crippen molar-refractivity contribution in [2.45, 2.75) is 38.5 Å². The Kier molecular flexibility index (Phi) is 4.32. The smallest absolute Gasteiger partial charge is 0.141 e. The highest BCUT2D eigenvalue weighted by molar-refractivity contribution is 6.14. The number of para-hydroxylation sites is 2. The van der Waals surface area contributed by atoms with Crippen molar-refractivity contribution in [3.63, 3.8) is 0 Å². The van der Waals surface area contributed by atoms with Crippen LogP contribution in [0.5, 0.6) is 0 Å². The second-order valence-electron chi connectivity index (χ2n) is 13.5. The zero-order valence-corrected chi connectivity index (χ0v) is 25.2. The molecule has 0 fully saturated rings. The molecule has 4 aromatic carbocycles. The molecule has 2 aliphatic rings. The molecular weight excluding hydrogens is 536 g/mol. The van der Waals surface area contributed by atoms with E-state index in [1.54, 1.807) is 0 Å². The number of rotatable bonds is 1. The maximum atomic E-state index is 4.91. The molecule has 0 radical (unpaired) electrons. The first-order chi connectivity index (χ1) is 21.4. The third-order valence-corrected chi connectivity index (χ3v) is 10.6. The number of pyridine rings is 2. The summed E-state index contributed by atoms with van der Waals surface area (Å²) in [5, 5.41) is 5.08. The van der Waals surface area contributed by atoms with E-state index in [2.05, 4.69) is 134 Å². The van der Waals surface area contributed by atoms with Crippen LogP contribution in [0.4, 0.5) is 0 Å². The maximum absolute atomic E-state index is 4.91. The largest absolute Gasteiger partial charge is 0.293 e. The zero-order chi connectivity index (χ0) is 29.5.